The van der Waals surface area contributed by atoms with Crippen molar-refractivity contribution in [2.45, 2.75) is 10.9 Å². The van der Waals surface area contributed by atoms with Crippen molar-refractivity contribution >= 4 is 39.7 Å². The predicted octanol–water partition coefficient (Wildman–Crippen LogP) is 0.549. The van der Waals surface area contributed by atoms with E-state index < -0.39 is 16.0 Å². The van der Waals surface area contributed by atoms with Gasteiger partial charge >= 0.3 is 5.97 Å². The molecule has 6 nitrogen and oxygen atoms in total. The molecule has 1 aromatic rings. The number of nitrogens with zero attached hydrogens (tertiary/aromatic N) is 1. The van der Waals surface area contributed by atoms with Crippen molar-refractivity contribution in [2.75, 3.05) is 27.2 Å². The minimum Gasteiger partial charge on any atom is -0.465 e. The summed E-state index contributed by atoms with van der Waals surface area (Å²) >= 11 is 1.07. The first kappa shape index (κ1) is 16.4. The number of nitrogens with one attached hydrogen (secondary N) is 1. The Bertz CT molecular complexity index is 554. The lowest BCUT2D eigenvalue weighted by atomic mass is 10.2. The van der Waals surface area contributed by atoms with Crippen molar-refractivity contribution in [3.63, 3.8) is 0 Å². The van der Waals surface area contributed by atoms with E-state index in [9.17, 15) is 13.2 Å². The van der Waals surface area contributed by atoms with Crippen LogP contribution in [0.15, 0.2) is 16.3 Å². The third kappa shape index (κ3) is 2.92. The SMILES string of the molecule is COC(=O)c1sccc1S(=O)(=O)N(C)C1CNC1.Cl. The van der Waals surface area contributed by atoms with E-state index in [-0.39, 0.29) is 28.2 Å². The number of thiophene rings is 1. The second-order valence-electron chi connectivity index (χ2n) is 3.94. The zero-order chi connectivity index (χ0) is 13.3. The minimum absolute atomic E-state index is 0. The molecule has 1 saturated heterocycles. The molecule has 1 fully saturated rings. The van der Waals surface area contributed by atoms with Gasteiger partial charge in [0.2, 0.25) is 10.0 Å². The monoisotopic (exact) mass is 326 g/mol. The van der Waals surface area contributed by atoms with Gasteiger partial charge in [0.25, 0.3) is 0 Å². The van der Waals surface area contributed by atoms with Gasteiger partial charge in [-0.05, 0) is 11.4 Å². The van der Waals surface area contributed by atoms with Gasteiger partial charge in [0.1, 0.15) is 9.77 Å². The van der Waals surface area contributed by atoms with Crippen LogP contribution >= 0.6 is 23.7 Å². The molecular formula is C10H15ClN2O4S2. The van der Waals surface area contributed by atoms with Gasteiger partial charge in [0.05, 0.1) is 7.11 Å². The molecule has 0 saturated carbocycles. The molecule has 2 heterocycles. The fourth-order valence-corrected chi connectivity index (χ4v) is 4.28. The maximum absolute atomic E-state index is 12.4. The normalized spacial score (nSPS) is 15.7. The number of hydrogen-bond donors (Lipinski definition) is 1. The Morgan fingerprint density at radius 2 is 2.16 bits per heavy atom. The molecule has 1 aromatic heterocycles. The van der Waals surface area contributed by atoms with Crippen LogP contribution in [0.25, 0.3) is 0 Å². The Labute approximate surface area is 122 Å². The molecule has 9 heteroatoms. The number of ether oxygens (including phenoxy) is 1. The molecule has 2 rings (SSSR count). The lowest BCUT2D eigenvalue weighted by molar-refractivity contribution is 0.0602. The van der Waals surface area contributed by atoms with Crippen LogP contribution in [-0.4, -0.2) is 52.0 Å². The number of hydrogen-bond acceptors (Lipinski definition) is 6. The van der Waals surface area contributed by atoms with Gasteiger partial charge in [-0.15, -0.1) is 23.7 Å². The second kappa shape index (κ2) is 6.19. The number of likely N-dealkylation sites (N-methyl/N-ethyl adjacent to an activating group) is 1. The van der Waals surface area contributed by atoms with Crippen LogP contribution in [0, 0.1) is 0 Å². The lowest BCUT2D eigenvalue weighted by Gasteiger charge is -2.34. The summed E-state index contributed by atoms with van der Waals surface area (Å²) < 4.78 is 30.6. The van der Waals surface area contributed by atoms with Crippen LogP contribution in [0.4, 0.5) is 0 Å². The third-order valence-corrected chi connectivity index (χ3v) is 5.91. The van der Waals surface area contributed by atoms with Crippen molar-refractivity contribution < 1.29 is 17.9 Å². The summed E-state index contributed by atoms with van der Waals surface area (Å²) in [5.74, 6) is -0.622. The first-order valence-electron chi connectivity index (χ1n) is 5.33. The van der Waals surface area contributed by atoms with Crippen LogP contribution in [0.3, 0.4) is 0 Å². The molecule has 0 amide bonds. The van der Waals surface area contributed by atoms with Crippen LogP contribution < -0.4 is 5.32 Å². The maximum Gasteiger partial charge on any atom is 0.349 e. The number of sulfonamides is 1. The topological polar surface area (TPSA) is 75.7 Å². The summed E-state index contributed by atoms with van der Waals surface area (Å²) in [6, 6.07) is 1.38. The van der Waals surface area contributed by atoms with Crippen molar-refractivity contribution in [3.05, 3.63) is 16.3 Å². The Balaban J connectivity index is 0.00000180. The fourth-order valence-electron chi connectivity index (χ4n) is 1.62. The van der Waals surface area contributed by atoms with Gasteiger partial charge in [-0.2, -0.15) is 4.31 Å². The van der Waals surface area contributed by atoms with Gasteiger partial charge < -0.3 is 10.1 Å². The summed E-state index contributed by atoms with van der Waals surface area (Å²) in [6.07, 6.45) is 0. The third-order valence-electron chi connectivity index (χ3n) is 2.93. The number of esters is 1. The van der Waals surface area contributed by atoms with Gasteiger partial charge in [-0.1, -0.05) is 0 Å². The molecule has 1 aliphatic heterocycles. The highest BCUT2D eigenvalue weighted by molar-refractivity contribution is 7.89. The summed E-state index contributed by atoms with van der Waals surface area (Å²) in [5, 5.41) is 4.59. The quantitative estimate of drug-likeness (QED) is 0.818. The fraction of sp³-hybridized carbons (Fsp3) is 0.500. The summed E-state index contributed by atoms with van der Waals surface area (Å²) in [5.41, 5.74) is 0. The van der Waals surface area contributed by atoms with Crippen LogP contribution in [0.5, 0.6) is 0 Å². The average molecular weight is 327 g/mol. The Morgan fingerprint density at radius 3 is 2.63 bits per heavy atom. The van der Waals surface area contributed by atoms with E-state index in [1.807, 2.05) is 0 Å². The number of carbonyl (C=O) groups is 1. The van der Waals surface area contributed by atoms with E-state index in [1.54, 1.807) is 5.38 Å². The molecule has 0 aliphatic carbocycles. The molecule has 0 unspecified atom stereocenters. The largest absolute Gasteiger partial charge is 0.465 e. The standard InChI is InChI=1S/C10H14N2O4S2.ClH/c1-12(7-5-11-6-7)18(14,15)8-3-4-17-9(8)10(13)16-2;/h3-4,7,11H,5-6H2,1-2H3;1H. The van der Waals surface area contributed by atoms with Crippen LogP contribution in [-0.2, 0) is 14.8 Å². The molecule has 19 heavy (non-hydrogen) atoms. The molecule has 0 atom stereocenters. The summed E-state index contributed by atoms with van der Waals surface area (Å²) in [7, 11) is -0.877. The van der Waals surface area contributed by atoms with Crippen molar-refractivity contribution in [1.29, 1.82) is 0 Å². The van der Waals surface area contributed by atoms with E-state index in [0.29, 0.717) is 13.1 Å². The van der Waals surface area contributed by atoms with E-state index in [1.165, 1.54) is 24.5 Å². The van der Waals surface area contributed by atoms with Crippen molar-refractivity contribution in [3.8, 4) is 0 Å². The van der Waals surface area contributed by atoms with Crippen LogP contribution in [0.2, 0.25) is 0 Å². The zero-order valence-electron chi connectivity index (χ0n) is 10.5. The smallest absolute Gasteiger partial charge is 0.349 e. The summed E-state index contributed by atoms with van der Waals surface area (Å²) in [6.45, 7) is 1.26. The molecule has 0 spiro atoms. The van der Waals surface area contributed by atoms with E-state index >= 15 is 0 Å². The minimum atomic E-state index is -3.64. The molecular weight excluding hydrogens is 312 g/mol. The highest BCUT2D eigenvalue weighted by Gasteiger charge is 2.34. The molecule has 0 bridgehead atoms. The van der Waals surface area contributed by atoms with Crippen LogP contribution in [0.1, 0.15) is 9.67 Å². The molecule has 0 aromatic carbocycles. The second-order valence-corrected chi connectivity index (χ2v) is 6.82. The highest BCUT2D eigenvalue weighted by Crippen LogP contribution is 2.26. The van der Waals surface area contributed by atoms with Gasteiger partial charge in [0.15, 0.2) is 0 Å². The Kier molecular flexibility index (Phi) is 5.34. The summed E-state index contributed by atoms with van der Waals surface area (Å²) in [4.78, 5) is 11.7. The molecule has 0 radical (unpaired) electrons. The van der Waals surface area contributed by atoms with Crippen molar-refractivity contribution in [2.24, 2.45) is 0 Å². The molecule has 1 N–H and O–H groups in total. The predicted molar refractivity (Wildman–Crippen MR) is 74.5 cm³/mol. The maximum atomic E-state index is 12.4. The van der Waals surface area contributed by atoms with Gasteiger partial charge in [-0.3, -0.25) is 0 Å². The number of halogens is 1. The van der Waals surface area contributed by atoms with E-state index in [2.05, 4.69) is 10.1 Å². The average Bonchev–Trinajstić information content (AvgIpc) is 2.74. The van der Waals surface area contributed by atoms with Gasteiger partial charge in [-0.25, -0.2) is 13.2 Å². The van der Waals surface area contributed by atoms with E-state index in [4.69, 9.17) is 0 Å². The highest BCUT2D eigenvalue weighted by atomic mass is 35.5. The van der Waals surface area contributed by atoms with Gasteiger partial charge in [0, 0.05) is 26.2 Å². The molecule has 108 valence electrons. The van der Waals surface area contributed by atoms with E-state index in [0.717, 1.165) is 11.3 Å². The number of methoxy groups -OCH3 is 1. The molecule has 1 aliphatic rings. The Morgan fingerprint density at radius 1 is 1.53 bits per heavy atom. The Hall–Kier alpha value is -0.670. The number of rotatable bonds is 4. The number of carbonyl (C=O) groups excluding carboxylic acids is 1. The first-order valence-corrected chi connectivity index (χ1v) is 7.65. The zero-order valence-corrected chi connectivity index (χ0v) is 12.9. The first-order chi connectivity index (χ1) is 8.48. The van der Waals surface area contributed by atoms with Crippen molar-refractivity contribution in [1.82, 2.24) is 9.62 Å². The lowest BCUT2D eigenvalue weighted by Crippen LogP contribution is -2.57.